The van der Waals surface area contributed by atoms with Crippen molar-refractivity contribution in [2.45, 2.75) is 30.9 Å². The summed E-state index contributed by atoms with van der Waals surface area (Å²) >= 11 is 0. The minimum atomic E-state index is -5.09. The Bertz CT molecular complexity index is 2110. The third-order valence-corrected chi connectivity index (χ3v) is 9.27. The second-order valence-corrected chi connectivity index (χ2v) is 13.0. The molecule has 22 nitrogen and oxygen atoms in total. The number of nitrogens with one attached hydrogen (secondary N) is 2. The summed E-state index contributed by atoms with van der Waals surface area (Å²) < 4.78 is 55.7. The Kier molecular flexibility index (Phi) is 7.14. The number of ether oxygens (including phenoxy) is 1. The van der Waals surface area contributed by atoms with Crippen LogP contribution in [0.2, 0.25) is 0 Å². The maximum absolute atomic E-state index is 13.2. The van der Waals surface area contributed by atoms with Crippen molar-refractivity contribution in [1.29, 1.82) is 0 Å². The quantitative estimate of drug-likeness (QED) is 0.146. The van der Waals surface area contributed by atoms with Gasteiger partial charge < -0.3 is 40.0 Å². The van der Waals surface area contributed by atoms with E-state index in [1.54, 1.807) is 7.05 Å². The van der Waals surface area contributed by atoms with Gasteiger partial charge in [0.2, 0.25) is 5.95 Å². The van der Waals surface area contributed by atoms with Gasteiger partial charge in [0.25, 0.3) is 5.56 Å². The van der Waals surface area contributed by atoms with Crippen molar-refractivity contribution in [3.63, 3.8) is 0 Å². The minimum absolute atomic E-state index is 0.0319. The van der Waals surface area contributed by atoms with Crippen molar-refractivity contribution in [2.75, 3.05) is 31.3 Å². The van der Waals surface area contributed by atoms with Gasteiger partial charge in [0.1, 0.15) is 24.3 Å². The fourth-order valence-electron chi connectivity index (χ4n) is 5.37. The highest BCUT2D eigenvalue weighted by Crippen LogP contribution is 2.55. The van der Waals surface area contributed by atoms with Crippen LogP contribution in [0.1, 0.15) is 18.7 Å². The van der Waals surface area contributed by atoms with E-state index in [1.807, 2.05) is 0 Å². The van der Waals surface area contributed by atoms with Crippen molar-refractivity contribution in [3.05, 3.63) is 52.2 Å². The Hall–Kier alpha value is -4.40. The molecule has 0 aromatic carbocycles. The molecule has 2 bridgehead atoms. The maximum Gasteiger partial charge on any atom is 0.527 e. The molecule has 24 heteroatoms. The fourth-order valence-corrected chi connectivity index (χ4v) is 7.11. The molecule has 6 heterocycles. The molecule has 46 heavy (non-hydrogen) atoms. The second kappa shape index (κ2) is 10.9. The van der Waals surface area contributed by atoms with Crippen LogP contribution in [-0.2, 0) is 32.0 Å². The predicted molar refractivity (Wildman–Crippen MR) is 152 cm³/mol. The molecule has 8 N–H and O–H groups in total. The SMILES string of the molecule is CNc1ncnc2c1ncn2C1O[C@@H]2COP(=O)(O)OC3C(O)=C(COP(=O)(O)OC2=C1O)C[C@H]3n1cnc2c(=O)[nH]c(N)nc21. The highest BCUT2D eigenvalue weighted by atomic mass is 31.2. The number of phosphoric ester groups is 2. The first-order chi connectivity index (χ1) is 21.9. The Morgan fingerprint density at radius 2 is 1.78 bits per heavy atom. The molecule has 0 radical (unpaired) electrons. The van der Waals surface area contributed by atoms with Crippen molar-refractivity contribution < 1.29 is 52.0 Å². The third-order valence-electron chi connectivity index (χ3n) is 7.42. The average Bonchev–Trinajstić information content (AvgIpc) is 3.76. The number of rotatable bonds is 3. The van der Waals surface area contributed by atoms with E-state index in [9.17, 15) is 33.9 Å². The molecule has 2 aliphatic heterocycles. The predicted octanol–water partition coefficient (Wildman–Crippen LogP) is 0.657. The second-order valence-electron chi connectivity index (χ2n) is 10.2. The normalized spacial score (nSPS) is 30.6. The smallest absolute Gasteiger partial charge is 0.509 e. The summed E-state index contributed by atoms with van der Waals surface area (Å²) in [4.78, 5) is 56.5. The van der Waals surface area contributed by atoms with Crippen LogP contribution in [0.3, 0.4) is 0 Å². The van der Waals surface area contributed by atoms with Gasteiger partial charge in [-0.3, -0.25) is 32.8 Å². The van der Waals surface area contributed by atoms with E-state index in [4.69, 9.17) is 28.6 Å². The molecule has 4 aromatic heterocycles. The van der Waals surface area contributed by atoms with E-state index >= 15 is 0 Å². The molecule has 7 rings (SSSR count). The monoisotopic (exact) mass is 682 g/mol. The van der Waals surface area contributed by atoms with Gasteiger partial charge in [0, 0.05) is 7.05 Å². The van der Waals surface area contributed by atoms with Crippen LogP contribution in [0.5, 0.6) is 0 Å². The summed E-state index contributed by atoms with van der Waals surface area (Å²) in [5, 5.41) is 25.0. The Balaban J connectivity index is 1.23. The van der Waals surface area contributed by atoms with Crippen LogP contribution in [0.4, 0.5) is 11.8 Å². The number of nitrogens with zero attached hydrogens (tertiary/aromatic N) is 7. The van der Waals surface area contributed by atoms with Gasteiger partial charge in [-0.15, -0.1) is 0 Å². The number of aliphatic hydroxyl groups excluding tert-OH is 2. The molecule has 4 aromatic rings. The Morgan fingerprint density at radius 1 is 1.02 bits per heavy atom. The van der Waals surface area contributed by atoms with E-state index in [-0.39, 0.29) is 34.8 Å². The van der Waals surface area contributed by atoms with Crippen LogP contribution in [0.15, 0.2) is 46.6 Å². The number of anilines is 2. The number of imidazole rings is 2. The van der Waals surface area contributed by atoms with Gasteiger partial charge in [-0.05, 0) is 12.0 Å². The molecule has 6 atom stereocenters. The summed E-state index contributed by atoms with van der Waals surface area (Å²) in [7, 11) is -8.55. The lowest BCUT2D eigenvalue weighted by molar-refractivity contribution is -0.0364. The molecule has 0 saturated heterocycles. The summed E-state index contributed by atoms with van der Waals surface area (Å²) in [6.45, 7) is -1.59. The molecule has 4 unspecified atom stereocenters. The maximum atomic E-state index is 13.2. The number of nitrogen functional groups attached to an aromatic ring is 1. The van der Waals surface area contributed by atoms with Crippen LogP contribution < -0.4 is 16.6 Å². The van der Waals surface area contributed by atoms with Crippen LogP contribution in [0.25, 0.3) is 22.3 Å². The molecule has 0 amide bonds. The molecular weight excluding hydrogens is 658 g/mol. The zero-order valence-corrected chi connectivity index (χ0v) is 25.1. The molecule has 0 saturated carbocycles. The third kappa shape index (κ3) is 5.10. The molecule has 3 aliphatic rings. The average molecular weight is 682 g/mol. The number of aliphatic hydroxyl groups is 2. The lowest BCUT2D eigenvalue weighted by Crippen LogP contribution is -2.26. The molecule has 1 aliphatic carbocycles. The summed E-state index contributed by atoms with van der Waals surface area (Å²) in [6.07, 6.45) is -1.13. The van der Waals surface area contributed by atoms with Gasteiger partial charge in [0.15, 0.2) is 45.9 Å². The number of fused-ring (bicyclic) bond motifs is 4. The zero-order valence-electron chi connectivity index (χ0n) is 23.3. The van der Waals surface area contributed by atoms with Crippen molar-refractivity contribution in [2.24, 2.45) is 0 Å². The van der Waals surface area contributed by atoms with Gasteiger partial charge in [-0.25, -0.2) is 29.1 Å². The van der Waals surface area contributed by atoms with Crippen molar-refractivity contribution in [3.8, 4) is 0 Å². The first-order valence-corrected chi connectivity index (χ1v) is 16.2. The molecular formula is C22H24N10O12P2. The van der Waals surface area contributed by atoms with Gasteiger partial charge in [-0.2, -0.15) is 4.98 Å². The van der Waals surface area contributed by atoms with E-state index < -0.39 is 76.2 Å². The first-order valence-electron chi connectivity index (χ1n) is 13.3. The number of nitrogens with two attached hydrogens (primary N) is 1. The number of hydrogen-bond donors (Lipinski definition) is 7. The molecule has 0 spiro atoms. The van der Waals surface area contributed by atoms with E-state index in [0.29, 0.717) is 11.3 Å². The van der Waals surface area contributed by atoms with Crippen molar-refractivity contribution in [1.82, 2.24) is 39.0 Å². The van der Waals surface area contributed by atoms with E-state index in [2.05, 4.69) is 35.2 Å². The van der Waals surface area contributed by atoms with Crippen LogP contribution in [0, 0.1) is 0 Å². The lowest BCUT2D eigenvalue weighted by Gasteiger charge is -2.25. The zero-order chi connectivity index (χ0) is 32.5. The summed E-state index contributed by atoms with van der Waals surface area (Å²) in [5.41, 5.74) is 5.35. The highest BCUT2D eigenvalue weighted by Gasteiger charge is 2.47. The number of phosphoric acid groups is 2. The largest absolute Gasteiger partial charge is 0.527 e. The van der Waals surface area contributed by atoms with E-state index in [0.717, 1.165) is 0 Å². The van der Waals surface area contributed by atoms with Crippen molar-refractivity contribution >= 4 is 49.7 Å². The molecule has 0 fully saturated rings. The summed E-state index contributed by atoms with van der Waals surface area (Å²) in [5.74, 6) is -1.85. The topological polar surface area (TPSA) is 306 Å². The Labute approximate surface area is 255 Å². The first kappa shape index (κ1) is 30.3. The standard InChI is InChI=1S/C22H24N10O12P2/c1-24-17-11-18(26-5-25-17)32(7-27-11)21-14(34)16-10(42-21)4-41-46(38,39)43-15-9(2-8(13(15)33)3-40-45(36,37)44-16)31-6-28-12-19(31)29-22(23)30-20(12)35/h5-7,9-10,15,21,33-34H,2-4H2,1H3,(H,36,37)(H,38,39)(H,24,25,26)(H3,23,29,30,35)/t9-,10-,15?,21?/m1/s1. The molecule has 244 valence electrons. The van der Waals surface area contributed by atoms with Gasteiger partial charge >= 0.3 is 15.6 Å². The number of aromatic amines is 1. The van der Waals surface area contributed by atoms with Crippen LogP contribution >= 0.6 is 15.6 Å². The van der Waals surface area contributed by atoms with Gasteiger partial charge in [-0.1, -0.05) is 0 Å². The van der Waals surface area contributed by atoms with Gasteiger partial charge in [0.05, 0.1) is 31.9 Å². The highest BCUT2D eigenvalue weighted by molar-refractivity contribution is 7.47. The van der Waals surface area contributed by atoms with E-state index in [1.165, 1.54) is 28.1 Å². The lowest BCUT2D eigenvalue weighted by atomic mass is 10.1. The Morgan fingerprint density at radius 3 is 2.57 bits per heavy atom. The summed E-state index contributed by atoms with van der Waals surface area (Å²) in [6, 6.07) is -1.08. The minimum Gasteiger partial charge on any atom is -0.509 e. The fraction of sp³-hybridized carbons (Fsp3) is 0.364. The number of aromatic nitrogens is 8. The number of hydrogen-bond acceptors (Lipinski definition) is 17. The number of H-pyrrole nitrogens is 1. The van der Waals surface area contributed by atoms with Crippen LogP contribution in [-0.4, -0.2) is 91.5 Å².